The molecule has 2 aromatic carbocycles. The van der Waals surface area contributed by atoms with Gasteiger partial charge in [0.25, 0.3) is 0 Å². The van der Waals surface area contributed by atoms with Gasteiger partial charge in [-0.25, -0.2) is 19.2 Å². The van der Waals surface area contributed by atoms with Crippen molar-refractivity contribution < 1.29 is 38.2 Å². The average Bonchev–Trinajstić information content (AvgIpc) is 2.78. The Kier molecular flexibility index (Phi) is 8.19. The van der Waals surface area contributed by atoms with Gasteiger partial charge >= 0.3 is 11.9 Å². The number of rotatable bonds is 9. The third-order valence-electron chi connectivity index (χ3n) is 4.04. The summed E-state index contributed by atoms with van der Waals surface area (Å²) in [4.78, 5) is 78.6. The summed E-state index contributed by atoms with van der Waals surface area (Å²) in [6, 6.07) is 6.98. The van der Waals surface area contributed by atoms with Crippen LogP contribution in [0, 0.1) is 0 Å². The third-order valence-corrected chi connectivity index (χ3v) is 4.04. The Morgan fingerprint density at radius 2 is 1.06 bits per heavy atom. The minimum absolute atomic E-state index is 0.00734. The van der Waals surface area contributed by atoms with Gasteiger partial charge in [0.2, 0.25) is 23.7 Å². The molecule has 32 heavy (non-hydrogen) atoms. The van der Waals surface area contributed by atoms with Crippen LogP contribution in [0.25, 0.3) is 0 Å². The van der Waals surface area contributed by atoms with Gasteiger partial charge in [-0.05, 0) is 50.2 Å². The number of nitrogens with zero attached hydrogens (tertiary/aromatic N) is 2. The second-order valence-electron chi connectivity index (χ2n) is 5.97. The van der Waals surface area contributed by atoms with Gasteiger partial charge in [0.15, 0.2) is 0 Å². The highest BCUT2D eigenvalue weighted by molar-refractivity contribution is 6.51. The quantitative estimate of drug-likeness (QED) is 0.192. The Labute approximate surface area is 181 Å². The van der Waals surface area contributed by atoms with Crippen molar-refractivity contribution in [3.63, 3.8) is 0 Å². The van der Waals surface area contributed by atoms with E-state index in [9.17, 15) is 28.8 Å². The summed E-state index contributed by atoms with van der Waals surface area (Å²) in [5, 5.41) is 0. The van der Waals surface area contributed by atoms with Crippen molar-refractivity contribution in [3.05, 3.63) is 58.7 Å². The van der Waals surface area contributed by atoms with E-state index in [2.05, 4.69) is 9.98 Å². The summed E-state index contributed by atoms with van der Waals surface area (Å²) in [7, 11) is 0. The number of benzene rings is 2. The zero-order chi connectivity index (χ0) is 23.7. The molecular formula is C22H16N2O8. The van der Waals surface area contributed by atoms with Gasteiger partial charge in [-0.2, -0.15) is 9.98 Å². The molecule has 0 saturated heterocycles. The van der Waals surface area contributed by atoms with E-state index in [0.717, 1.165) is 12.1 Å². The molecule has 10 heteroatoms. The molecule has 0 atom stereocenters. The minimum atomic E-state index is -1.19. The lowest BCUT2D eigenvalue weighted by molar-refractivity contribution is 0.0512. The second-order valence-corrected chi connectivity index (χ2v) is 5.97. The topological polar surface area (TPSA) is 146 Å². The van der Waals surface area contributed by atoms with Crippen molar-refractivity contribution in [2.45, 2.75) is 13.8 Å². The number of aliphatic imine (C=N–C) groups is 2. The SMILES string of the molecule is CCOC(=O)c1ccc(N=C=O)cc1C(=O)C(=O)c1cc(N=C=O)ccc1C(=O)OCC. The molecule has 0 radical (unpaired) electrons. The molecular weight excluding hydrogens is 420 g/mol. The fourth-order valence-electron chi connectivity index (χ4n) is 2.70. The predicted molar refractivity (Wildman–Crippen MR) is 109 cm³/mol. The number of esters is 2. The molecule has 2 aromatic rings. The van der Waals surface area contributed by atoms with E-state index >= 15 is 0 Å². The number of hydrogen-bond donors (Lipinski definition) is 0. The lowest BCUT2D eigenvalue weighted by atomic mass is 9.94. The van der Waals surface area contributed by atoms with E-state index in [1.54, 1.807) is 13.8 Å². The van der Waals surface area contributed by atoms with Gasteiger partial charge in [0.1, 0.15) is 0 Å². The molecule has 0 fully saturated rings. The largest absolute Gasteiger partial charge is 0.462 e. The first-order valence-electron chi connectivity index (χ1n) is 9.25. The number of ether oxygens (including phenoxy) is 2. The zero-order valence-electron chi connectivity index (χ0n) is 17.0. The van der Waals surface area contributed by atoms with Gasteiger partial charge < -0.3 is 9.47 Å². The van der Waals surface area contributed by atoms with Crippen LogP contribution in [0.1, 0.15) is 55.3 Å². The highest BCUT2D eigenvalue weighted by Crippen LogP contribution is 2.24. The van der Waals surface area contributed by atoms with E-state index < -0.39 is 34.6 Å². The van der Waals surface area contributed by atoms with Gasteiger partial charge in [-0.1, -0.05) is 0 Å². The van der Waals surface area contributed by atoms with Crippen molar-refractivity contribution >= 4 is 47.0 Å². The van der Waals surface area contributed by atoms with Gasteiger partial charge in [0, 0.05) is 11.1 Å². The van der Waals surface area contributed by atoms with Crippen LogP contribution >= 0.6 is 0 Å². The molecule has 0 N–H and O–H groups in total. The molecule has 0 bridgehead atoms. The van der Waals surface area contributed by atoms with Crippen molar-refractivity contribution in [1.82, 2.24) is 0 Å². The fourth-order valence-corrected chi connectivity index (χ4v) is 2.70. The van der Waals surface area contributed by atoms with Gasteiger partial charge in [-0.15, -0.1) is 0 Å². The van der Waals surface area contributed by atoms with Crippen LogP contribution in [-0.2, 0) is 19.1 Å². The first-order chi connectivity index (χ1) is 15.4. The fraction of sp³-hybridized carbons (Fsp3) is 0.182. The van der Waals surface area contributed by atoms with Crippen LogP contribution < -0.4 is 0 Å². The van der Waals surface area contributed by atoms with Crippen LogP contribution in [0.5, 0.6) is 0 Å². The molecule has 0 heterocycles. The van der Waals surface area contributed by atoms with Gasteiger partial charge in [0.05, 0.1) is 35.7 Å². The van der Waals surface area contributed by atoms with Crippen LogP contribution in [0.15, 0.2) is 46.4 Å². The highest BCUT2D eigenvalue weighted by Gasteiger charge is 2.29. The maximum Gasteiger partial charge on any atom is 0.338 e. The molecule has 10 nitrogen and oxygen atoms in total. The average molecular weight is 436 g/mol. The maximum atomic E-state index is 13.1. The monoisotopic (exact) mass is 436 g/mol. The number of hydrogen-bond acceptors (Lipinski definition) is 10. The lowest BCUT2D eigenvalue weighted by Crippen LogP contribution is -2.22. The smallest absolute Gasteiger partial charge is 0.338 e. The van der Waals surface area contributed by atoms with Crippen molar-refractivity contribution in [2.24, 2.45) is 9.98 Å². The van der Waals surface area contributed by atoms with E-state index in [1.807, 2.05) is 0 Å². The molecule has 0 aliphatic heterocycles. The first kappa shape index (κ1) is 23.8. The molecule has 0 aliphatic rings. The van der Waals surface area contributed by atoms with Crippen LogP contribution in [0.2, 0.25) is 0 Å². The zero-order valence-corrected chi connectivity index (χ0v) is 17.0. The maximum absolute atomic E-state index is 13.1. The normalized spacial score (nSPS) is 9.69. The number of carbonyl (C=O) groups is 4. The summed E-state index contributed by atoms with van der Waals surface area (Å²) >= 11 is 0. The summed E-state index contributed by atoms with van der Waals surface area (Å²) in [6.07, 6.45) is 2.59. The van der Waals surface area contributed by atoms with E-state index in [-0.39, 0.29) is 35.7 Å². The van der Waals surface area contributed by atoms with Crippen LogP contribution in [0.4, 0.5) is 11.4 Å². The Bertz CT molecular complexity index is 1090. The van der Waals surface area contributed by atoms with Crippen LogP contribution in [-0.4, -0.2) is 48.9 Å². The molecule has 0 aromatic heterocycles. The highest BCUT2D eigenvalue weighted by atomic mass is 16.5. The van der Waals surface area contributed by atoms with Gasteiger partial charge in [-0.3, -0.25) is 9.59 Å². The number of isocyanates is 2. The van der Waals surface area contributed by atoms with Crippen molar-refractivity contribution in [1.29, 1.82) is 0 Å². The first-order valence-corrected chi connectivity index (χ1v) is 9.25. The Morgan fingerprint density at radius 3 is 1.38 bits per heavy atom. The minimum Gasteiger partial charge on any atom is -0.462 e. The molecule has 0 unspecified atom stereocenters. The van der Waals surface area contributed by atoms with Crippen molar-refractivity contribution in [2.75, 3.05) is 13.2 Å². The number of ketones is 2. The summed E-state index contributed by atoms with van der Waals surface area (Å²) < 4.78 is 9.81. The summed E-state index contributed by atoms with van der Waals surface area (Å²) in [6.45, 7) is 3.13. The molecule has 0 spiro atoms. The Balaban J connectivity index is 2.66. The summed E-state index contributed by atoms with van der Waals surface area (Å²) in [5.74, 6) is -4.13. The van der Waals surface area contributed by atoms with E-state index in [4.69, 9.17) is 9.47 Å². The Morgan fingerprint density at radius 1 is 0.688 bits per heavy atom. The van der Waals surface area contributed by atoms with Crippen LogP contribution in [0.3, 0.4) is 0 Å². The molecule has 162 valence electrons. The number of carbonyl (C=O) groups excluding carboxylic acids is 6. The van der Waals surface area contributed by atoms with E-state index in [0.29, 0.717) is 0 Å². The Hall–Kier alpha value is -4.52. The third kappa shape index (κ3) is 5.34. The standard InChI is InChI=1S/C22H16N2O8/c1-3-31-21(29)15-7-5-13(23-11-25)9-17(15)19(27)20(28)18-10-14(24-12-26)6-8-16(18)22(30)32-4-2/h5-10H,3-4H2,1-2H3. The second kappa shape index (κ2) is 11.0. The molecule has 0 aliphatic carbocycles. The predicted octanol–water partition coefficient (Wildman–Crippen LogP) is 3.04. The molecule has 0 saturated carbocycles. The molecule has 0 amide bonds. The lowest BCUT2D eigenvalue weighted by Gasteiger charge is -2.11. The van der Waals surface area contributed by atoms with Crippen molar-refractivity contribution in [3.8, 4) is 0 Å². The summed E-state index contributed by atoms with van der Waals surface area (Å²) in [5.41, 5.74) is -1.35. The van der Waals surface area contributed by atoms with E-state index in [1.165, 1.54) is 36.4 Å². The molecule has 2 rings (SSSR count). The number of Topliss-reactive ketones (excluding diaryl/α,β-unsaturated/α-hetero) is 2.